The van der Waals surface area contributed by atoms with E-state index in [0.717, 1.165) is 55.0 Å². The van der Waals surface area contributed by atoms with Gasteiger partial charge in [0.05, 0.1) is 22.7 Å². The molecule has 3 aliphatic heterocycles. The van der Waals surface area contributed by atoms with Crippen molar-refractivity contribution in [2.45, 2.75) is 39.5 Å². The van der Waals surface area contributed by atoms with Crippen molar-refractivity contribution in [1.29, 1.82) is 5.41 Å². The second kappa shape index (κ2) is 9.88. The first-order valence-electron chi connectivity index (χ1n) is 11.6. The van der Waals surface area contributed by atoms with Crippen LogP contribution in [0.1, 0.15) is 42.6 Å². The van der Waals surface area contributed by atoms with E-state index in [-0.39, 0.29) is 23.7 Å². The highest BCUT2D eigenvalue weighted by atomic mass is 35.5. The Morgan fingerprint density at radius 2 is 1.92 bits per heavy atom. The van der Waals surface area contributed by atoms with Crippen LogP contribution in [0.25, 0.3) is 11.8 Å². The number of amides is 2. The summed E-state index contributed by atoms with van der Waals surface area (Å²) in [4.78, 5) is 31.6. The van der Waals surface area contributed by atoms with E-state index in [0.29, 0.717) is 20.3 Å². The number of rotatable bonds is 4. The quantitative estimate of drug-likeness (QED) is 0.521. The summed E-state index contributed by atoms with van der Waals surface area (Å²) in [6, 6.07) is 7.17. The molecule has 2 amide bonds. The lowest BCUT2D eigenvalue weighted by Crippen LogP contribution is -2.36. The summed E-state index contributed by atoms with van der Waals surface area (Å²) in [5.41, 5.74) is 3.36. The second-order valence-corrected chi connectivity index (χ2v) is 10.8. The molecule has 1 saturated heterocycles. The number of aromatic nitrogens is 1. The van der Waals surface area contributed by atoms with Crippen LogP contribution in [0.4, 0.5) is 0 Å². The maximum atomic E-state index is 12.9. The van der Waals surface area contributed by atoms with Gasteiger partial charge in [-0.3, -0.25) is 15.0 Å². The van der Waals surface area contributed by atoms with E-state index in [9.17, 15) is 9.59 Å². The molecule has 0 aliphatic carbocycles. The van der Waals surface area contributed by atoms with E-state index in [4.69, 9.17) is 28.6 Å². The molecule has 1 N–H and O–H groups in total. The zero-order chi connectivity index (χ0) is 25.6. The monoisotopic (exact) mass is 542 g/mol. The average molecular weight is 543 g/mol. The molecule has 0 radical (unpaired) electrons. The molecule has 0 unspecified atom stereocenters. The number of hydrazone groups is 1. The number of amidine groups is 2. The van der Waals surface area contributed by atoms with Crippen LogP contribution in [0.15, 0.2) is 39.9 Å². The first-order valence-corrected chi connectivity index (χ1v) is 13.2. The predicted octanol–water partition coefficient (Wildman–Crippen LogP) is 5.42. The van der Waals surface area contributed by atoms with Crippen molar-refractivity contribution >= 4 is 68.9 Å². The Kier molecular flexibility index (Phi) is 6.80. The fraction of sp³-hybridized carbons (Fsp3) is 0.320. The molecule has 1 aromatic heterocycles. The molecular weight excluding hydrogens is 519 g/mol. The number of thioether (sulfide) groups is 1. The maximum Gasteiger partial charge on any atom is 0.283 e. The van der Waals surface area contributed by atoms with Gasteiger partial charge in [-0.1, -0.05) is 23.2 Å². The maximum absolute atomic E-state index is 12.9. The van der Waals surface area contributed by atoms with Crippen LogP contribution in [0.5, 0.6) is 0 Å². The molecule has 1 aromatic carbocycles. The Morgan fingerprint density at radius 1 is 1.17 bits per heavy atom. The average Bonchev–Trinajstić information content (AvgIpc) is 3.38. The predicted molar refractivity (Wildman–Crippen MR) is 145 cm³/mol. The molecule has 5 rings (SSSR count). The molecule has 2 aromatic rings. The van der Waals surface area contributed by atoms with E-state index in [2.05, 4.69) is 10.1 Å². The first-order chi connectivity index (χ1) is 17.2. The van der Waals surface area contributed by atoms with E-state index in [1.54, 1.807) is 24.3 Å². The summed E-state index contributed by atoms with van der Waals surface area (Å²) in [6.45, 7) is 5.38. The summed E-state index contributed by atoms with van der Waals surface area (Å²) >= 11 is 13.8. The SMILES string of the molecule is Cc1cc(/C=C2/C(=N)N3N=C(CC(=O)N4CCCCC4)SC3=NC2=O)c(C)n1-c1cc(Cl)ccc1Cl. The summed E-state index contributed by atoms with van der Waals surface area (Å²) < 4.78 is 1.96. The summed E-state index contributed by atoms with van der Waals surface area (Å²) in [5, 5.41) is 16.4. The van der Waals surface area contributed by atoms with Crippen molar-refractivity contribution in [2.75, 3.05) is 13.1 Å². The molecule has 8 nitrogen and oxygen atoms in total. The van der Waals surface area contributed by atoms with Gasteiger partial charge in [-0.15, -0.1) is 0 Å². The van der Waals surface area contributed by atoms with Gasteiger partial charge in [0.15, 0.2) is 5.84 Å². The molecule has 0 spiro atoms. The van der Waals surface area contributed by atoms with Crippen LogP contribution in [-0.2, 0) is 9.59 Å². The highest BCUT2D eigenvalue weighted by Gasteiger charge is 2.36. The third kappa shape index (κ3) is 4.63. The molecule has 11 heteroatoms. The van der Waals surface area contributed by atoms with Gasteiger partial charge >= 0.3 is 0 Å². The topological polar surface area (TPSA) is 94.1 Å². The lowest BCUT2D eigenvalue weighted by Gasteiger charge is -2.26. The number of nitrogens with one attached hydrogen (secondary N) is 1. The van der Waals surface area contributed by atoms with Gasteiger partial charge in [-0.2, -0.15) is 15.1 Å². The van der Waals surface area contributed by atoms with Crippen LogP contribution >= 0.6 is 35.0 Å². The van der Waals surface area contributed by atoms with Crippen molar-refractivity contribution in [3.63, 3.8) is 0 Å². The van der Waals surface area contributed by atoms with Crippen LogP contribution in [0.3, 0.4) is 0 Å². The number of aliphatic imine (C=N–C) groups is 1. The molecular formula is C25H24Cl2N6O2S. The Hall–Kier alpha value is -2.88. The number of carbonyl (C=O) groups excluding carboxylic acids is 2. The van der Waals surface area contributed by atoms with Crippen molar-refractivity contribution in [1.82, 2.24) is 14.5 Å². The zero-order valence-electron chi connectivity index (χ0n) is 19.8. The molecule has 36 heavy (non-hydrogen) atoms. The molecule has 4 heterocycles. The lowest BCUT2D eigenvalue weighted by molar-refractivity contribution is -0.130. The van der Waals surface area contributed by atoms with Crippen molar-refractivity contribution in [3.05, 3.63) is 56.8 Å². The minimum Gasteiger partial charge on any atom is -0.342 e. The van der Waals surface area contributed by atoms with Gasteiger partial charge in [0.2, 0.25) is 11.1 Å². The van der Waals surface area contributed by atoms with Gasteiger partial charge in [-0.25, -0.2) is 0 Å². The number of aryl methyl sites for hydroxylation is 1. The summed E-state index contributed by atoms with van der Waals surface area (Å²) in [7, 11) is 0. The number of hydrogen-bond acceptors (Lipinski definition) is 5. The lowest BCUT2D eigenvalue weighted by atomic mass is 10.1. The highest BCUT2D eigenvalue weighted by Crippen LogP contribution is 2.32. The van der Waals surface area contributed by atoms with Gasteiger partial charge in [0.25, 0.3) is 5.91 Å². The van der Waals surface area contributed by atoms with E-state index in [1.807, 2.05) is 29.4 Å². The largest absolute Gasteiger partial charge is 0.342 e. The number of carbonyl (C=O) groups is 2. The highest BCUT2D eigenvalue weighted by molar-refractivity contribution is 8.27. The third-order valence-electron chi connectivity index (χ3n) is 6.43. The molecule has 3 aliphatic rings. The summed E-state index contributed by atoms with van der Waals surface area (Å²) in [5.74, 6) is -0.561. The van der Waals surface area contributed by atoms with E-state index >= 15 is 0 Å². The molecule has 186 valence electrons. The number of likely N-dealkylation sites (tertiary alicyclic amines) is 1. The number of piperidine rings is 1. The number of nitrogens with zero attached hydrogens (tertiary/aromatic N) is 5. The van der Waals surface area contributed by atoms with Crippen molar-refractivity contribution in [3.8, 4) is 5.69 Å². The number of fused-ring (bicyclic) bond motifs is 1. The third-order valence-corrected chi connectivity index (χ3v) is 7.89. The van der Waals surface area contributed by atoms with E-state index in [1.165, 1.54) is 16.8 Å². The molecule has 0 atom stereocenters. The van der Waals surface area contributed by atoms with Gasteiger partial charge in [0, 0.05) is 29.5 Å². The van der Waals surface area contributed by atoms with Crippen LogP contribution in [0, 0.1) is 19.3 Å². The first kappa shape index (κ1) is 24.8. The smallest absolute Gasteiger partial charge is 0.283 e. The molecule has 0 saturated carbocycles. The Balaban J connectivity index is 1.41. The Labute approximate surface area is 223 Å². The van der Waals surface area contributed by atoms with Crippen molar-refractivity contribution < 1.29 is 9.59 Å². The second-order valence-electron chi connectivity index (χ2n) is 8.89. The zero-order valence-corrected chi connectivity index (χ0v) is 22.2. The van der Waals surface area contributed by atoms with Crippen LogP contribution in [-0.4, -0.2) is 55.4 Å². The van der Waals surface area contributed by atoms with E-state index < -0.39 is 5.91 Å². The molecule has 0 bridgehead atoms. The fourth-order valence-corrected chi connectivity index (χ4v) is 5.85. The minimum absolute atomic E-state index is 0.0159. The normalized spacial score (nSPS) is 19.1. The number of halogens is 2. The Morgan fingerprint density at radius 3 is 2.67 bits per heavy atom. The van der Waals surface area contributed by atoms with Gasteiger partial charge in [-0.05, 0) is 80.8 Å². The summed E-state index contributed by atoms with van der Waals surface area (Å²) in [6.07, 6.45) is 4.97. The van der Waals surface area contributed by atoms with Crippen LogP contribution < -0.4 is 0 Å². The minimum atomic E-state index is -0.511. The number of hydrogen-bond donors (Lipinski definition) is 1. The van der Waals surface area contributed by atoms with Crippen LogP contribution in [0.2, 0.25) is 10.0 Å². The number of benzene rings is 1. The molecule has 1 fully saturated rings. The van der Waals surface area contributed by atoms with Gasteiger partial charge < -0.3 is 9.47 Å². The standard InChI is InChI=1S/C25H24Cl2N6O2S/c1-14-10-16(15(2)32(14)20-12-17(26)6-7-19(20)27)11-18-23(28)33-25(29-24(18)35)36-21(30-33)13-22(34)31-8-4-3-5-9-31/h6-7,10-12,28H,3-5,8-9,13H2,1-2H3/b18-11-,28-23?. The van der Waals surface area contributed by atoms with Crippen molar-refractivity contribution in [2.24, 2.45) is 10.1 Å². The fourth-order valence-electron chi connectivity index (χ4n) is 4.60. The Bertz CT molecular complexity index is 1390. The van der Waals surface area contributed by atoms with Gasteiger partial charge in [0.1, 0.15) is 5.04 Å².